The maximum atomic E-state index is 12.8. The van der Waals surface area contributed by atoms with Gasteiger partial charge < -0.3 is 5.11 Å². The summed E-state index contributed by atoms with van der Waals surface area (Å²) in [5.74, 6) is -0.878. The molecule has 0 spiro atoms. The van der Waals surface area contributed by atoms with Crippen LogP contribution >= 0.6 is 0 Å². The van der Waals surface area contributed by atoms with E-state index in [0.29, 0.717) is 32.4 Å². The van der Waals surface area contributed by atoms with Crippen LogP contribution < -0.4 is 0 Å². The molecular weight excluding hydrogens is 292 g/mol. The highest BCUT2D eigenvalue weighted by Gasteiger charge is 2.46. The summed E-state index contributed by atoms with van der Waals surface area (Å²) in [6.07, 6.45) is 4.45. The van der Waals surface area contributed by atoms with Crippen molar-refractivity contribution in [3.05, 3.63) is 0 Å². The van der Waals surface area contributed by atoms with Gasteiger partial charge in [-0.3, -0.25) is 4.79 Å². The first-order valence-electron chi connectivity index (χ1n) is 7.84. The fraction of sp³-hybridized carbons (Fsp3) is 0.929. The first-order valence-corrected chi connectivity index (χ1v) is 9.23. The molecule has 2 aliphatic heterocycles. The van der Waals surface area contributed by atoms with E-state index in [1.165, 1.54) is 4.31 Å². The van der Waals surface area contributed by atoms with Crippen molar-refractivity contribution in [3.8, 4) is 0 Å². The van der Waals surface area contributed by atoms with Gasteiger partial charge in [0, 0.05) is 25.7 Å². The van der Waals surface area contributed by atoms with Crippen LogP contribution in [0, 0.1) is 5.41 Å². The molecule has 0 radical (unpaired) electrons. The molecule has 7 heteroatoms. The van der Waals surface area contributed by atoms with E-state index in [1.54, 1.807) is 4.31 Å². The molecule has 2 unspecified atom stereocenters. The molecule has 0 aromatic heterocycles. The fourth-order valence-electron chi connectivity index (χ4n) is 3.46. The molecule has 2 heterocycles. The van der Waals surface area contributed by atoms with Gasteiger partial charge in [-0.25, -0.2) is 0 Å². The summed E-state index contributed by atoms with van der Waals surface area (Å²) in [4.78, 5) is 11.6. The quantitative estimate of drug-likeness (QED) is 0.855. The average molecular weight is 318 g/mol. The van der Waals surface area contributed by atoms with Crippen LogP contribution in [0.2, 0.25) is 0 Å². The minimum Gasteiger partial charge on any atom is -0.481 e. The van der Waals surface area contributed by atoms with Crippen LogP contribution in [0.4, 0.5) is 0 Å². The molecule has 2 atom stereocenters. The lowest BCUT2D eigenvalue weighted by atomic mass is 9.78. The zero-order valence-electron chi connectivity index (χ0n) is 12.9. The minimum absolute atomic E-state index is 0.00605. The van der Waals surface area contributed by atoms with E-state index in [9.17, 15) is 18.3 Å². The van der Waals surface area contributed by atoms with Gasteiger partial charge in [0.15, 0.2) is 0 Å². The Morgan fingerprint density at radius 2 is 2.00 bits per heavy atom. The summed E-state index contributed by atoms with van der Waals surface area (Å²) in [6, 6.07) is 0.00605. The average Bonchev–Trinajstić information content (AvgIpc) is 2.47. The van der Waals surface area contributed by atoms with Gasteiger partial charge in [-0.1, -0.05) is 13.3 Å². The maximum Gasteiger partial charge on any atom is 0.310 e. The smallest absolute Gasteiger partial charge is 0.310 e. The number of nitrogens with zero attached hydrogens (tertiary/aromatic N) is 2. The predicted molar refractivity (Wildman–Crippen MR) is 80.1 cm³/mol. The number of piperidine rings is 2. The summed E-state index contributed by atoms with van der Waals surface area (Å²) < 4.78 is 28.6. The highest BCUT2D eigenvalue weighted by molar-refractivity contribution is 7.86. The number of rotatable bonds is 4. The van der Waals surface area contributed by atoms with Crippen molar-refractivity contribution >= 4 is 16.2 Å². The zero-order valence-corrected chi connectivity index (χ0v) is 13.7. The fourth-order valence-corrected chi connectivity index (χ4v) is 5.45. The number of carbonyl (C=O) groups is 1. The molecule has 0 aromatic carbocycles. The van der Waals surface area contributed by atoms with Crippen molar-refractivity contribution < 1.29 is 18.3 Å². The SMILES string of the molecule is CCC1(C(=O)O)CCCN(S(=O)(=O)N2CCCCC2C)C1. The molecule has 0 amide bonds. The number of aliphatic carboxylic acids is 1. The molecule has 0 aromatic rings. The van der Waals surface area contributed by atoms with E-state index in [1.807, 2.05) is 13.8 Å². The predicted octanol–water partition coefficient (Wildman–Crippen LogP) is 1.68. The van der Waals surface area contributed by atoms with Crippen molar-refractivity contribution in [2.24, 2.45) is 5.41 Å². The number of hydrogen-bond acceptors (Lipinski definition) is 3. The normalized spacial score (nSPS) is 33.0. The zero-order chi connectivity index (χ0) is 15.7. The summed E-state index contributed by atoms with van der Waals surface area (Å²) in [7, 11) is -3.55. The maximum absolute atomic E-state index is 12.8. The first kappa shape index (κ1) is 16.7. The highest BCUT2D eigenvalue weighted by Crippen LogP contribution is 2.36. The van der Waals surface area contributed by atoms with Crippen LogP contribution in [-0.2, 0) is 15.0 Å². The Bertz CT molecular complexity index is 493. The molecule has 1 N–H and O–H groups in total. The van der Waals surface area contributed by atoms with E-state index >= 15 is 0 Å². The van der Waals surface area contributed by atoms with Crippen molar-refractivity contribution in [3.63, 3.8) is 0 Å². The second kappa shape index (κ2) is 6.22. The number of hydrogen-bond donors (Lipinski definition) is 1. The Hall–Kier alpha value is -0.660. The summed E-state index contributed by atoms with van der Waals surface area (Å²) in [6.45, 7) is 4.84. The van der Waals surface area contributed by atoms with Crippen LogP contribution in [0.1, 0.15) is 52.4 Å². The topological polar surface area (TPSA) is 77.9 Å². The van der Waals surface area contributed by atoms with Crippen LogP contribution in [0.15, 0.2) is 0 Å². The van der Waals surface area contributed by atoms with Crippen LogP contribution in [0.25, 0.3) is 0 Å². The van der Waals surface area contributed by atoms with Crippen molar-refractivity contribution in [1.82, 2.24) is 8.61 Å². The summed E-state index contributed by atoms with van der Waals surface area (Å²) >= 11 is 0. The summed E-state index contributed by atoms with van der Waals surface area (Å²) in [5.41, 5.74) is -0.926. The van der Waals surface area contributed by atoms with E-state index in [0.717, 1.165) is 19.3 Å². The lowest BCUT2D eigenvalue weighted by molar-refractivity contribution is -0.151. The Kier molecular flexibility index (Phi) is 4.95. The largest absolute Gasteiger partial charge is 0.481 e. The van der Waals surface area contributed by atoms with E-state index in [4.69, 9.17) is 0 Å². The van der Waals surface area contributed by atoms with Gasteiger partial charge in [-0.05, 0) is 39.0 Å². The molecule has 2 saturated heterocycles. The second-order valence-electron chi connectivity index (χ2n) is 6.34. The third kappa shape index (κ3) is 3.10. The third-order valence-corrected chi connectivity index (χ3v) is 7.14. The van der Waals surface area contributed by atoms with Crippen LogP contribution in [0.5, 0.6) is 0 Å². The van der Waals surface area contributed by atoms with Crippen LogP contribution in [0.3, 0.4) is 0 Å². The molecule has 2 fully saturated rings. The number of carboxylic acids is 1. The first-order chi connectivity index (χ1) is 9.83. The lowest BCUT2D eigenvalue weighted by Gasteiger charge is -2.42. The molecular formula is C14H26N2O4S. The molecule has 0 bridgehead atoms. The Morgan fingerprint density at radius 1 is 1.29 bits per heavy atom. The summed E-state index contributed by atoms with van der Waals surface area (Å²) in [5, 5.41) is 9.50. The molecule has 122 valence electrons. The Morgan fingerprint density at radius 3 is 2.57 bits per heavy atom. The molecule has 6 nitrogen and oxygen atoms in total. The third-order valence-electron chi connectivity index (χ3n) is 5.04. The van der Waals surface area contributed by atoms with Gasteiger partial charge in [0.1, 0.15) is 0 Å². The van der Waals surface area contributed by atoms with Crippen molar-refractivity contribution in [1.29, 1.82) is 0 Å². The minimum atomic E-state index is -3.55. The monoisotopic (exact) mass is 318 g/mol. The molecule has 0 saturated carbocycles. The van der Waals surface area contributed by atoms with Gasteiger partial charge in [0.25, 0.3) is 10.2 Å². The van der Waals surface area contributed by atoms with E-state index < -0.39 is 21.6 Å². The Balaban J connectivity index is 2.21. The van der Waals surface area contributed by atoms with Crippen LogP contribution in [-0.4, -0.2) is 53.8 Å². The van der Waals surface area contributed by atoms with Gasteiger partial charge in [-0.2, -0.15) is 17.0 Å². The van der Waals surface area contributed by atoms with E-state index in [-0.39, 0.29) is 12.6 Å². The Labute approximate surface area is 127 Å². The van der Waals surface area contributed by atoms with Crippen molar-refractivity contribution in [2.45, 2.75) is 58.4 Å². The standard InChI is InChI=1S/C14H26N2O4S/c1-3-14(13(17)18)8-6-9-15(11-14)21(19,20)16-10-5-4-7-12(16)2/h12H,3-11H2,1-2H3,(H,17,18). The van der Waals surface area contributed by atoms with Gasteiger partial charge in [0.05, 0.1) is 5.41 Å². The number of carboxylic acid groups (broad SMARTS) is 1. The van der Waals surface area contributed by atoms with E-state index in [2.05, 4.69) is 0 Å². The molecule has 21 heavy (non-hydrogen) atoms. The van der Waals surface area contributed by atoms with Gasteiger partial charge in [0.2, 0.25) is 0 Å². The molecule has 2 aliphatic rings. The molecule has 0 aliphatic carbocycles. The molecule has 2 rings (SSSR count). The van der Waals surface area contributed by atoms with Crippen molar-refractivity contribution in [2.75, 3.05) is 19.6 Å². The van der Waals surface area contributed by atoms with Gasteiger partial charge in [-0.15, -0.1) is 0 Å². The van der Waals surface area contributed by atoms with Gasteiger partial charge >= 0.3 is 5.97 Å². The highest BCUT2D eigenvalue weighted by atomic mass is 32.2. The lowest BCUT2D eigenvalue weighted by Crippen LogP contribution is -2.55. The second-order valence-corrected chi connectivity index (χ2v) is 8.22.